The summed E-state index contributed by atoms with van der Waals surface area (Å²) >= 11 is 1.03. The van der Waals surface area contributed by atoms with Crippen molar-refractivity contribution >= 4 is 49.3 Å². The monoisotopic (exact) mass is 594 g/mol. The molecular weight excluding hydrogens is 571 g/mol. The number of hydroxylamine groups is 1. The van der Waals surface area contributed by atoms with Crippen LogP contribution in [0.5, 0.6) is 5.88 Å². The van der Waals surface area contributed by atoms with E-state index in [0.717, 1.165) is 17.4 Å². The number of ether oxygens (including phenoxy) is 1. The highest BCUT2D eigenvalue weighted by atomic mass is 32.1. The van der Waals surface area contributed by atoms with Gasteiger partial charge in [0.2, 0.25) is 17.7 Å². The molecule has 1 fully saturated rings. The first-order valence-corrected chi connectivity index (χ1v) is 13.9. The van der Waals surface area contributed by atoms with Crippen LogP contribution in [0.3, 0.4) is 0 Å². The van der Waals surface area contributed by atoms with Crippen molar-refractivity contribution in [2.24, 2.45) is 0 Å². The second-order valence-electron chi connectivity index (χ2n) is 9.40. The van der Waals surface area contributed by atoms with Gasteiger partial charge in [0.25, 0.3) is 0 Å². The van der Waals surface area contributed by atoms with Gasteiger partial charge in [-0.1, -0.05) is 12.1 Å². The Hall–Kier alpha value is -4.40. The van der Waals surface area contributed by atoms with Crippen LogP contribution in [-0.2, 0) is 6.18 Å². The first-order chi connectivity index (χ1) is 20.2. The van der Waals surface area contributed by atoms with E-state index in [0.29, 0.717) is 42.4 Å². The molecule has 14 heteroatoms. The van der Waals surface area contributed by atoms with Crippen molar-refractivity contribution in [1.29, 1.82) is 0 Å². The summed E-state index contributed by atoms with van der Waals surface area (Å²) in [5, 5.41) is 15.9. The van der Waals surface area contributed by atoms with Crippen LogP contribution in [0, 0.1) is 5.21 Å². The smallest absolute Gasteiger partial charge is 0.417 e. The predicted molar refractivity (Wildman–Crippen MR) is 154 cm³/mol. The maximum absolute atomic E-state index is 14.5. The molecule has 216 valence electrons. The lowest BCUT2D eigenvalue weighted by molar-refractivity contribution is -0.136. The summed E-state index contributed by atoms with van der Waals surface area (Å²) < 4.78 is 49.7. The normalized spacial score (nSPS) is 14.0. The Bertz CT molecular complexity index is 1760. The second kappa shape index (κ2) is 11.1. The number of piperazine rings is 1. The van der Waals surface area contributed by atoms with E-state index in [1.807, 2.05) is 4.90 Å². The molecule has 4 aromatic heterocycles. The van der Waals surface area contributed by atoms with Gasteiger partial charge in [-0.2, -0.15) is 18.2 Å². The SMILES string of the molecule is CCOc1nc(N2CCNCC2)nc2c1sc1nc(-c3ccc(N([O-])C(=O)c4cccnc4)cc3)cc(C(F)(F)F)c12. The van der Waals surface area contributed by atoms with Crippen LogP contribution < -0.4 is 20.0 Å². The summed E-state index contributed by atoms with van der Waals surface area (Å²) in [6.07, 6.45) is -1.96. The minimum absolute atomic E-state index is 0.0173. The number of rotatable bonds is 6. The summed E-state index contributed by atoms with van der Waals surface area (Å²) in [5.74, 6) is -0.291. The minimum atomic E-state index is -4.71. The highest BCUT2D eigenvalue weighted by Gasteiger charge is 2.36. The van der Waals surface area contributed by atoms with Gasteiger partial charge in [0.1, 0.15) is 15.0 Å². The molecule has 5 aromatic rings. The van der Waals surface area contributed by atoms with Crippen LogP contribution in [0.1, 0.15) is 22.8 Å². The van der Waals surface area contributed by atoms with Gasteiger partial charge < -0.3 is 25.2 Å². The highest BCUT2D eigenvalue weighted by molar-refractivity contribution is 7.25. The van der Waals surface area contributed by atoms with Gasteiger partial charge in [0, 0.05) is 49.8 Å². The Morgan fingerprint density at radius 3 is 2.57 bits per heavy atom. The minimum Gasteiger partial charge on any atom is -0.751 e. The fraction of sp³-hybridized carbons (Fsp3) is 0.250. The van der Waals surface area contributed by atoms with Crippen molar-refractivity contribution in [3.05, 3.63) is 71.2 Å². The molecule has 5 heterocycles. The molecule has 0 bridgehead atoms. The average Bonchev–Trinajstić information content (AvgIpc) is 3.39. The Morgan fingerprint density at radius 1 is 1.14 bits per heavy atom. The number of benzene rings is 1. The number of halogens is 3. The van der Waals surface area contributed by atoms with E-state index in [-0.39, 0.29) is 50.2 Å². The molecule has 6 rings (SSSR count). The fourth-order valence-electron chi connectivity index (χ4n) is 4.70. The van der Waals surface area contributed by atoms with Crippen molar-refractivity contribution in [2.45, 2.75) is 13.1 Å². The summed E-state index contributed by atoms with van der Waals surface area (Å²) in [6, 6.07) is 9.60. The van der Waals surface area contributed by atoms with Gasteiger partial charge in [-0.25, -0.2) is 9.97 Å². The quantitative estimate of drug-likeness (QED) is 0.262. The standard InChI is InChI=1S/C28H23F3N7O3S/c1-2-41-24-23-22(35-27(36-24)37-12-10-32-11-13-37)21-19(28(29,30)31)14-20(34-25(21)42-23)16-5-7-18(8-6-16)38(40)26(39)17-4-3-9-33-15-17/h3-9,14-15,32H,2,10-13H2,1H3/q-1. The van der Waals surface area contributed by atoms with E-state index in [1.54, 1.807) is 6.92 Å². The van der Waals surface area contributed by atoms with Crippen LogP contribution >= 0.6 is 11.3 Å². The number of nitrogens with one attached hydrogen (secondary N) is 1. The molecule has 1 saturated heterocycles. The van der Waals surface area contributed by atoms with Gasteiger partial charge in [-0.15, -0.1) is 11.3 Å². The molecular formula is C28H23F3N7O3S-. The van der Waals surface area contributed by atoms with Crippen LogP contribution in [-0.4, -0.2) is 58.6 Å². The number of thiophene rings is 1. The molecule has 0 unspecified atom stereocenters. The summed E-state index contributed by atoms with van der Waals surface area (Å²) in [6.45, 7) is 4.68. The number of alkyl halides is 3. The van der Waals surface area contributed by atoms with E-state index >= 15 is 0 Å². The van der Waals surface area contributed by atoms with Gasteiger partial charge in [0.05, 0.1) is 28.8 Å². The maximum Gasteiger partial charge on any atom is 0.417 e. The van der Waals surface area contributed by atoms with Gasteiger partial charge in [0.15, 0.2) is 0 Å². The fourth-order valence-corrected chi connectivity index (χ4v) is 5.79. The van der Waals surface area contributed by atoms with Crippen molar-refractivity contribution in [1.82, 2.24) is 25.3 Å². The number of nitrogens with zero attached hydrogens (tertiary/aromatic N) is 6. The Labute approximate surface area is 241 Å². The van der Waals surface area contributed by atoms with E-state index < -0.39 is 17.6 Å². The predicted octanol–water partition coefficient (Wildman–Crippen LogP) is 5.27. The maximum atomic E-state index is 14.5. The zero-order valence-corrected chi connectivity index (χ0v) is 23.0. The summed E-state index contributed by atoms with van der Waals surface area (Å²) in [4.78, 5) is 32.1. The molecule has 1 amide bonds. The first kappa shape index (κ1) is 27.8. The Balaban J connectivity index is 1.44. The van der Waals surface area contributed by atoms with Crippen molar-refractivity contribution in [3.8, 4) is 17.1 Å². The number of carbonyl (C=O) groups is 1. The summed E-state index contributed by atoms with van der Waals surface area (Å²) in [5.41, 5.74) is -0.232. The molecule has 0 radical (unpaired) electrons. The van der Waals surface area contributed by atoms with E-state index in [9.17, 15) is 23.2 Å². The Kier molecular flexibility index (Phi) is 7.35. The van der Waals surface area contributed by atoms with E-state index in [1.165, 1.54) is 48.8 Å². The average molecular weight is 595 g/mol. The number of hydrogen-bond donors (Lipinski definition) is 1. The molecule has 1 aliphatic heterocycles. The number of amides is 1. The first-order valence-electron chi connectivity index (χ1n) is 13.1. The topological polar surface area (TPSA) is 119 Å². The molecule has 10 nitrogen and oxygen atoms in total. The number of anilines is 2. The summed E-state index contributed by atoms with van der Waals surface area (Å²) in [7, 11) is 0. The number of pyridine rings is 2. The molecule has 42 heavy (non-hydrogen) atoms. The number of hydrogen-bond acceptors (Lipinski definition) is 10. The number of carbonyl (C=O) groups excluding carboxylic acids is 1. The van der Waals surface area contributed by atoms with Crippen LogP contribution in [0.25, 0.3) is 31.7 Å². The van der Waals surface area contributed by atoms with Crippen molar-refractivity contribution in [2.75, 3.05) is 42.7 Å². The molecule has 1 N–H and O–H groups in total. The molecule has 1 aromatic carbocycles. The molecule has 0 aliphatic carbocycles. The molecule has 0 saturated carbocycles. The lowest BCUT2D eigenvalue weighted by Gasteiger charge is -2.28. The van der Waals surface area contributed by atoms with Crippen LogP contribution in [0.4, 0.5) is 24.8 Å². The lowest BCUT2D eigenvalue weighted by Crippen LogP contribution is -2.44. The largest absolute Gasteiger partial charge is 0.751 e. The third-order valence-electron chi connectivity index (χ3n) is 6.72. The lowest BCUT2D eigenvalue weighted by atomic mass is 10.1. The zero-order valence-electron chi connectivity index (χ0n) is 22.2. The van der Waals surface area contributed by atoms with Crippen molar-refractivity contribution < 1.29 is 22.7 Å². The second-order valence-corrected chi connectivity index (χ2v) is 10.4. The van der Waals surface area contributed by atoms with Crippen molar-refractivity contribution in [3.63, 3.8) is 0 Å². The van der Waals surface area contributed by atoms with Crippen LogP contribution in [0.15, 0.2) is 54.9 Å². The third kappa shape index (κ3) is 5.19. The Morgan fingerprint density at radius 2 is 1.90 bits per heavy atom. The van der Waals surface area contributed by atoms with Gasteiger partial charge in [-0.05, 0) is 37.3 Å². The van der Waals surface area contributed by atoms with E-state index in [4.69, 9.17) is 4.74 Å². The number of aromatic nitrogens is 4. The molecule has 0 atom stereocenters. The third-order valence-corrected chi connectivity index (χ3v) is 7.78. The highest BCUT2D eigenvalue weighted by Crippen LogP contribution is 2.45. The molecule has 0 spiro atoms. The van der Waals surface area contributed by atoms with Gasteiger partial charge in [-0.3, -0.25) is 9.78 Å². The van der Waals surface area contributed by atoms with Crippen LogP contribution in [0.2, 0.25) is 0 Å². The number of fused-ring (bicyclic) bond motifs is 3. The van der Waals surface area contributed by atoms with Gasteiger partial charge >= 0.3 is 6.18 Å². The van der Waals surface area contributed by atoms with E-state index in [2.05, 4.69) is 25.3 Å². The molecule has 1 aliphatic rings. The zero-order chi connectivity index (χ0) is 29.4.